The van der Waals surface area contributed by atoms with Gasteiger partial charge in [0.05, 0.1) is 0 Å². The molecule has 1 atom stereocenters. The lowest BCUT2D eigenvalue weighted by Crippen LogP contribution is -2.43. The van der Waals surface area contributed by atoms with Gasteiger partial charge in [-0.2, -0.15) is 0 Å². The highest BCUT2D eigenvalue weighted by Gasteiger charge is 2.30. The van der Waals surface area contributed by atoms with Crippen LogP contribution < -0.4 is 16.0 Å². The molecule has 20 heavy (non-hydrogen) atoms. The van der Waals surface area contributed by atoms with Gasteiger partial charge >= 0.3 is 0 Å². The Morgan fingerprint density at radius 2 is 2.25 bits per heavy atom. The van der Waals surface area contributed by atoms with Crippen molar-refractivity contribution >= 4 is 29.0 Å². The largest absolute Gasteiger partial charge is 0.363 e. The van der Waals surface area contributed by atoms with Crippen LogP contribution in [-0.2, 0) is 4.79 Å². The number of amides is 1. The first-order chi connectivity index (χ1) is 9.65. The lowest BCUT2D eigenvalue weighted by Gasteiger charge is -2.28. The van der Waals surface area contributed by atoms with E-state index in [2.05, 4.69) is 31.1 Å². The summed E-state index contributed by atoms with van der Waals surface area (Å²) in [5, 5.41) is 12.7. The summed E-state index contributed by atoms with van der Waals surface area (Å²) in [6.07, 6.45) is 2.87. The fourth-order valence-electron chi connectivity index (χ4n) is 1.99. The van der Waals surface area contributed by atoms with Crippen LogP contribution in [0.15, 0.2) is 23.2 Å². The maximum atomic E-state index is 12.1. The van der Waals surface area contributed by atoms with Crippen LogP contribution in [0.4, 0.5) is 23.1 Å². The number of hydrogen-bond acceptors (Lipinski definition) is 7. The molecule has 1 unspecified atom stereocenters. The van der Waals surface area contributed by atoms with E-state index in [1.807, 2.05) is 13.8 Å². The molecule has 0 fully saturated rings. The van der Waals surface area contributed by atoms with E-state index in [0.29, 0.717) is 23.1 Å². The van der Waals surface area contributed by atoms with Crippen molar-refractivity contribution in [2.45, 2.75) is 19.9 Å². The number of nitrogens with zero attached hydrogens (tertiary/aromatic N) is 3. The van der Waals surface area contributed by atoms with Gasteiger partial charge in [0, 0.05) is 6.07 Å². The second kappa shape index (κ2) is 4.80. The van der Waals surface area contributed by atoms with Crippen LogP contribution in [0.5, 0.6) is 0 Å². The molecule has 3 rings (SSSR count). The van der Waals surface area contributed by atoms with E-state index in [1.54, 1.807) is 6.07 Å². The molecule has 0 saturated carbocycles. The monoisotopic (exact) mass is 274 g/mol. The summed E-state index contributed by atoms with van der Waals surface area (Å²) >= 11 is 0. The van der Waals surface area contributed by atoms with Crippen molar-refractivity contribution in [1.29, 1.82) is 0 Å². The SMILES string of the molecule is CC(C)C1Nc2ncnc(Nc3ccon3)c2NC1=O. The van der Waals surface area contributed by atoms with Crippen LogP contribution in [0, 0.1) is 5.92 Å². The van der Waals surface area contributed by atoms with Crippen LogP contribution in [0.1, 0.15) is 13.8 Å². The van der Waals surface area contributed by atoms with E-state index in [9.17, 15) is 4.79 Å². The molecular formula is C12H14N6O2. The van der Waals surface area contributed by atoms with Gasteiger partial charge in [0.2, 0.25) is 5.91 Å². The Balaban J connectivity index is 1.93. The minimum Gasteiger partial charge on any atom is -0.363 e. The summed E-state index contributed by atoms with van der Waals surface area (Å²) < 4.78 is 4.74. The molecule has 3 N–H and O–H groups in total. The first-order valence-electron chi connectivity index (χ1n) is 6.25. The molecule has 8 heteroatoms. The molecule has 0 radical (unpaired) electrons. The number of rotatable bonds is 3. The highest BCUT2D eigenvalue weighted by atomic mass is 16.5. The zero-order valence-electron chi connectivity index (χ0n) is 11.0. The van der Waals surface area contributed by atoms with Crippen molar-refractivity contribution in [2.75, 3.05) is 16.0 Å². The van der Waals surface area contributed by atoms with Gasteiger partial charge in [0.15, 0.2) is 17.5 Å². The van der Waals surface area contributed by atoms with Crippen LogP contribution in [0.2, 0.25) is 0 Å². The summed E-state index contributed by atoms with van der Waals surface area (Å²) in [5.41, 5.74) is 0.511. The van der Waals surface area contributed by atoms with Gasteiger partial charge < -0.3 is 20.5 Å². The van der Waals surface area contributed by atoms with Gasteiger partial charge in [0.1, 0.15) is 24.3 Å². The Morgan fingerprint density at radius 1 is 1.40 bits per heavy atom. The Morgan fingerprint density at radius 3 is 2.95 bits per heavy atom. The van der Waals surface area contributed by atoms with Crippen molar-refractivity contribution < 1.29 is 9.32 Å². The number of nitrogens with one attached hydrogen (secondary N) is 3. The van der Waals surface area contributed by atoms with E-state index < -0.39 is 0 Å². The topological polar surface area (TPSA) is 105 Å². The van der Waals surface area contributed by atoms with Gasteiger partial charge in [-0.1, -0.05) is 19.0 Å². The smallest absolute Gasteiger partial charge is 0.247 e. The third-order valence-electron chi connectivity index (χ3n) is 3.02. The van der Waals surface area contributed by atoms with E-state index in [-0.39, 0.29) is 17.9 Å². The minimum absolute atomic E-state index is 0.106. The molecule has 2 aromatic heterocycles. The third-order valence-corrected chi connectivity index (χ3v) is 3.02. The summed E-state index contributed by atoms with van der Waals surface area (Å²) in [7, 11) is 0. The van der Waals surface area contributed by atoms with E-state index in [0.717, 1.165) is 0 Å². The van der Waals surface area contributed by atoms with Gasteiger partial charge in [-0.25, -0.2) is 9.97 Å². The predicted octanol–water partition coefficient (Wildman–Crippen LogP) is 1.60. The van der Waals surface area contributed by atoms with Gasteiger partial charge in [-0.15, -0.1) is 0 Å². The maximum absolute atomic E-state index is 12.1. The number of hydrogen-bond donors (Lipinski definition) is 3. The number of carbonyl (C=O) groups excluding carboxylic acids is 1. The molecular weight excluding hydrogens is 260 g/mol. The molecule has 0 spiro atoms. The maximum Gasteiger partial charge on any atom is 0.247 e. The number of carbonyl (C=O) groups is 1. The molecule has 0 aliphatic carbocycles. The summed E-state index contributed by atoms with van der Waals surface area (Å²) in [4.78, 5) is 20.3. The highest BCUT2D eigenvalue weighted by molar-refractivity contribution is 6.05. The predicted molar refractivity (Wildman–Crippen MR) is 72.7 cm³/mol. The second-order valence-corrected chi connectivity index (χ2v) is 4.81. The average molecular weight is 274 g/mol. The van der Waals surface area contributed by atoms with Crippen molar-refractivity contribution in [3.05, 3.63) is 18.7 Å². The van der Waals surface area contributed by atoms with E-state index in [1.165, 1.54) is 12.6 Å². The summed E-state index contributed by atoms with van der Waals surface area (Å²) in [6, 6.07) is 1.35. The van der Waals surface area contributed by atoms with Crippen LogP contribution in [-0.4, -0.2) is 27.1 Å². The van der Waals surface area contributed by atoms with E-state index in [4.69, 9.17) is 4.52 Å². The van der Waals surface area contributed by atoms with Gasteiger partial charge in [0.25, 0.3) is 0 Å². The molecule has 0 saturated heterocycles. The first-order valence-corrected chi connectivity index (χ1v) is 6.25. The fraction of sp³-hybridized carbons (Fsp3) is 0.333. The number of aromatic nitrogens is 3. The quantitative estimate of drug-likeness (QED) is 0.780. The average Bonchev–Trinajstić information content (AvgIpc) is 2.91. The molecule has 1 aliphatic rings. The van der Waals surface area contributed by atoms with Crippen molar-refractivity contribution in [3.8, 4) is 0 Å². The Bertz CT molecular complexity index is 625. The molecule has 1 aliphatic heterocycles. The minimum atomic E-state index is -0.308. The normalized spacial score (nSPS) is 17.4. The molecule has 8 nitrogen and oxygen atoms in total. The van der Waals surface area contributed by atoms with Gasteiger partial charge in [-0.3, -0.25) is 4.79 Å². The van der Waals surface area contributed by atoms with E-state index >= 15 is 0 Å². The zero-order chi connectivity index (χ0) is 14.1. The van der Waals surface area contributed by atoms with Crippen LogP contribution in [0.25, 0.3) is 0 Å². The van der Waals surface area contributed by atoms with Crippen LogP contribution >= 0.6 is 0 Å². The molecule has 3 heterocycles. The van der Waals surface area contributed by atoms with Crippen molar-refractivity contribution in [3.63, 3.8) is 0 Å². The molecule has 2 aromatic rings. The first kappa shape index (κ1) is 12.4. The number of anilines is 4. The second-order valence-electron chi connectivity index (χ2n) is 4.81. The van der Waals surface area contributed by atoms with Crippen molar-refractivity contribution in [1.82, 2.24) is 15.1 Å². The van der Waals surface area contributed by atoms with Crippen molar-refractivity contribution in [2.24, 2.45) is 5.92 Å². The Hall–Kier alpha value is -2.64. The standard InChI is InChI=1S/C12H14N6O2/c1-6(2)8-12(19)17-9-10(13-5-14-11(9)16-8)15-7-3-4-20-18-7/h3-6,8H,1-2H3,(H,17,19)(H2,13,14,15,16,18). The van der Waals surface area contributed by atoms with Crippen LogP contribution in [0.3, 0.4) is 0 Å². The molecule has 1 amide bonds. The Kier molecular flexibility index (Phi) is 2.97. The lowest BCUT2D eigenvalue weighted by molar-refractivity contribution is -0.117. The van der Waals surface area contributed by atoms with Gasteiger partial charge in [-0.05, 0) is 5.92 Å². The fourth-order valence-corrected chi connectivity index (χ4v) is 1.99. The molecule has 104 valence electrons. The third kappa shape index (κ3) is 2.15. The Labute approximate surface area is 115 Å². The lowest BCUT2D eigenvalue weighted by atomic mass is 10.0. The highest BCUT2D eigenvalue weighted by Crippen LogP contribution is 2.32. The number of fused-ring (bicyclic) bond motifs is 1. The molecule has 0 bridgehead atoms. The summed E-state index contributed by atoms with van der Waals surface area (Å²) in [5.74, 6) is 1.61. The summed E-state index contributed by atoms with van der Waals surface area (Å²) in [6.45, 7) is 3.94. The molecule has 0 aromatic carbocycles. The zero-order valence-corrected chi connectivity index (χ0v) is 11.0.